The number of nitrogens with zero attached hydrogens (tertiary/aromatic N) is 1. The molecule has 4 bridgehead atoms. The summed E-state index contributed by atoms with van der Waals surface area (Å²) in [6, 6.07) is 17.3. The lowest BCUT2D eigenvalue weighted by atomic mass is 9.63. The number of aromatic nitrogens is 1. The van der Waals surface area contributed by atoms with E-state index in [4.69, 9.17) is 0 Å². The van der Waals surface area contributed by atoms with Gasteiger partial charge in [0.25, 0.3) is 0 Å². The Hall–Kier alpha value is -1.96. The lowest BCUT2D eigenvalue weighted by molar-refractivity contribution is 0.0900. The Morgan fingerprint density at radius 2 is 1.43 bits per heavy atom. The highest BCUT2D eigenvalue weighted by Crippen LogP contribution is 2.50. The van der Waals surface area contributed by atoms with Crippen molar-refractivity contribution >= 4 is 27.5 Å². The fourth-order valence-electron chi connectivity index (χ4n) is 5.96. The molecule has 3 aromatic rings. The normalized spacial score (nSPS) is 32.3. The molecule has 2 aliphatic heterocycles. The third-order valence-corrected chi connectivity index (χ3v) is 6.66. The first-order valence-corrected chi connectivity index (χ1v) is 9.14. The highest BCUT2D eigenvalue weighted by Gasteiger charge is 2.46. The van der Waals surface area contributed by atoms with Crippen LogP contribution in [0.1, 0.15) is 32.1 Å². The Morgan fingerprint density at radius 3 is 2.22 bits per heavy atom. The molecule has 4 fully saturated rings. The number of para-hydroxylation sites is 1. The van der Waals surface area contributed by atoms with Crippen molar-refractivity contribution in [3.8, 4) is 0 Å². The van der Waals surface area contributed by atoms with Crippen molar-refractivity contribution in [2.24, 2.45) is 11.8 Å². The second-order valence-electron chi connectivity index (χ2n) is 8.03. The molecule has 2 heteroatoms. The summed E-state index contributed by atoms with van der Waals surface area (Å²) in [6.07, 6.45) is 7.23. The van der Waals surface area contributed by atoms with Crippen LogP contribution in [0.5, 0.6) is 0 Å². The molecule has 0 atom stereocenters. The molecule has 116 valence electrons. The first-order chi connectivity index (χ1) is 11.3. The molecule has 2 nitrogen and oxygen atoms in total. The van der Waals surface area contributed by atoms with Crippen molar-refractivity contribution in [2.45, 2.75) is 44.2 Å². The first kappa shape index (κ1) is 12.5. The minimum Gasteiger partial charge on any atom is -0.365 e. The summed E-state index contributed by atoms with van der Waals surface area (Å²) in [5.41, 5.74) is 3.98. The second-order valence-corrected chi connectivity index (χ2v) is 8.03. The van der Waals surface area contributed by atoms with Crippen LogP contribution >= 0.6 is 0 Å². The zero-order valence-corrected chi connectivity index (χ0v) is 13.3. The molecule has 2 aromatic carbocycles. The molecule has 1 N–H and O–H groups in total. The second kappa shape index (κ2) is 4.31. The van der Waals surface area contributed by atoms with Gasteiger partial charge >= 0.3 is 0 Å². The molecule has 1 aromatic heterocycles. The molecular formula is C21H22N2. The van der Waals surface area contributed by atoms with Gasteiger partial charge in [0.15, 0.2) is 0 Å². The van der Waals surface area contributed by atoms with Crippen LogP contribution in [0.4, 0.5) is 5.69 Å². The lowest BCUT2D eigenvalue weighted by Crippen LogP contribution is -2.58. The summed E-state index contributed by atoms with van der Waals surface area (Å²) in [5.74, 6) is 2.04. The van der Waals surface area contributed by atoms with E-state index in [1.807, 2.05) is 0 Å². The van der Waals surface area contributed by atoms with Gasteiger partial charge < -0.3 is 9.88 Å². The van der Waals surface area contributed by atoms with E-state index >= 15 is 0 Å². The van der Waals surface area contributed by atoms with Crippen molar-refractivity contribution in [3.63, 3.8) is 0 Å². The highest BCUT2D eigenvalue weighted by atomic mass is 15.2. The van der Waals surface area contributed by atoms with E-state index in [-0.39, 0.29) is 0 Å². The van der Waals surface area contributed by atoms with E-state index in [1.165, 1.54) is 59.6 Å². The maximum atomic E-state index is 3.61. The number of benzene rings is 2. The number of anilines is 1. The largest absolute Gasteiger partial charge is 0.365 e. The minimum atomic E-state index is 0.799. The van der Waals surface area contributed by atoms with Crippen LogP contribution in [-0.4, -0.2) is 17.1 Å². The number of hydrogen-bond acceptors (Lipinski definition) is 1. The molecule has 3 heterocycles. The van der Waals surface area contributed by atoms with Crippen LogP contribution in [-0.2, 0) is 0 Å². The maximum Gasteiger partial charge on any atom is 0.0485 e. The molecule has 7 rings (SSSR count). The summed E-state index contributed by atoms with van der Waals surface area (Å²) in [7, 11) is 0. The molecular weight excluding hydrogens is 280 g/mol. The van der Waals surface area contributed by atoms with Gasteiger partial charge in [0, 0.05) is 39.6 Å². The number of H-pyrrole nitrogens is 1. The minimum absolute atomic E-state index is 0.799. The van der Waals surface area contributed by atoms with Crippen LogP contribution in [0.15, 0.2) is 42.5 Å². The Balaban J connectivity index is 1.48. The zero-order chi connectivity index (χ0) is 15.0. The fraction of sp³-hybridized carbons (Fsp3) is 0.429. The maximum absolute atomic E-state index is 3.61. The van der Waals surface area contributed by atoms with Crippen LogP contribution in [0.2, 0.25) is 0 Å². The Morgan fingerprint density at radius 1 is 0.739 bits per heavy atom. The van der Waals surface area contributed by atoms with E-state index in [2.05, 4.69) is 52.3 Å². The number of aromatic amines is 1. The van der Waals surface area contributed by atoms with Crippen molar-refractivity contribution in [2.75, 3.05) is 4.90 Å². The van der Waals surface area contributed by atoms with Crippen LogP contribution in [0.3, 0.4) is 0 Å². The van der Waals surface area contributed by atoms with Gasteiger partial charge in [-0.2, -0.15) is 0 Å². The topological polar surface area (TPSA) is 19.0 Å². The SMILES string of the molecule is c1ccc2c(c1)[nH]c1cc(N3C4CC5CC(C4)CC3C5)ccc12. The summed E-state index contributed by atoms with van der Waals surface area (Å²) < 4.78 is 0. The summed E-state index contributed by atoms with van der Waals surface area (Å²) in [4.78, 5) is 6.39. The molecule has 2 aliphatic carbocycles. The first-order valence-electron chi connectivity index (χ1n) is 9.14. The quantitative estimate of drug-likeness (QED) is 0.663. The van der Waals surface area contributed by atoms with E-state index in [9.17, 15) is 0 Å². The number of fused-ring (bicyclic) bond motifs is 3. The highest BCUT2D eigenvalue weighted by molar-refractivity contribution is 6.07. The summed E-state index contributed by atoms with van der Waals surface area (Å²) in [6.45, 7) is 0. The van der Waals surface area contributed by atoms with Crippen LogP contribution < -0.4 is 4.90 Å². The third kappa shape index (κ3) is 1.69. The van der Waals surface area contributed by atoms with Gasteiger partial charge in [-0.05, 0) is 62.1 Å². The summed E-state index contributed by atoms with van der Waals surface area (Å²) >= 11 is 0. The van der Waals surface area contributed by atoms with E-state index in [0.717, 1.165) is 23.9 Å². The lowest BCUT2D eigenvalue weighted by Gasteiger charge is -2.57. The number of hydrogen-bond donors (Lipinski definition) is 1. The molecule has 0 radical (unpaired) electrons. The Bertz CT molecular complexity index is 878. The van der Waals surface area contributed by atoms with E-state index in [1.54, 1.807) is 0 Å². The van der Waals surface area contributed by atoms with E-state index < -0.39 is 0 Å². The predicted octanol–water partition coefficient (Wildman–Crippen LogP) is 5.09. The zero-order valence-electron chi connectivity index (χ0n) is 13.3. The van der Waals surface area contributed by atoms with Gasteiger partial charge in [-0.25, -0.2) is 0 Å². The number of nitrogens with one attached hydrogen (secondary N) is 1. The average Bonchev–Trinajstić information content (AvgIpc) is 2.91. The summed E-state index contributed by atoms with van der Waals surface area (Å²) in [5, 5.41) is 2.70. The van der Waals surface area contributed by atoms with Gasteiger partial charge in [0.1, 0.15) is 0 Å². The molecule has 0 unspecified atom stereocenters. The average molecular weight is 302 g/mol. The predicted molar refractivity (Wildman–Crippen MR) is 95.9 cm³/mol. The molecule has 4 aliphatic rings. The third-order valence-electron chi connectivity index (χ3n) is 6.66. The van der Waals surface area contributed by atoms with Crippen molar-refractivity contribution in [3.05, 3.63) is 42.5 Å². The molecule has 0 spiro atoms. The van der Waals surface area contributed by atoms with Gasteiger partial charge in [-0.15, -0.1) is 0 Å². The smallest absolute Gasteiger partial charge is 0.0485 e. The monoisotopic (exact) mass is 302 g/mol. The van der Waals surface area contributed by atoms with Gasteiger partial charge in [-0.1, -0.05) is 24.3 Å². The molecule has 0 amide bonds. The van der Waals surface area contributed by atoms with Crippen LogP contribution in [0.25, 0.3) is 21.8 Å². The van der Waals surface area contributed by atoms with Crippen molar-refractivity contribution < 1.29 is 0 Å². The molecule has 2 saturated heterocycles. The fourth-order valence-corrected chi connectivity index (χ4v) is 5.96. The number of piperidine rings is 2. The number of rotatable bonds is 1. The van der Waals surface area contributed by atoms with Gasteiger partial charge in [0.05, 0.1) is 0 Å². The Kier molecular flexibility index (Phi) is 2.34. The van der Waals surface area contributed by atoms with Crippen LogP contribution in [0, 0.1) is 11.8 Å². The van der Waals surface area contributed by atoms with Gasteiger partial charge in [-0.3, -0.25) is 0 Å². The molecule has 2 saturated carbocycles. The Labute approximate surface area is 136 Å². The van der Waals surface area contributed by atoms with Gasteiger partial charge in [0.2, 0.25) is 0 Å². The van der Waals surface area contributed by atoms with Crippen molar-refractivity contribution in [1.29, 1.82) is 0 Å². The van der Waals surface area contributed by atoms with Crippen molar-refractivity contribution in [1.82, 2.24) is 4.98 Å². The van der Waals surface area contributed by atoms with E-state index in [0.29, 0.717) is 0 Å². The molecule has 23 heavy (non-hydrogen) atoms. The standard InChI is InChI=1S/C21H22N2/c1-2-4-20-18(3-1)19-6-5-15(12-21(19)22-20)23-16-8-13-7-14(10-16)11-17(23)9-13/h1-6,12-14,16-17,22H,7-11H2.